The van der Waals surface area contributed by atoms with Gasteiger partial charge < -0.3 is 4.74 Å². The van der Waals surface area contributed by atoms with Crippen LogP contribution in [0.25, 0.3) is 0 Å². The number of hydrogen-bond donors (Lipinski definition) is 1. The molecule has 0 spiro atoms. The predicted octanol–water partition coefficient (Wildman–Crippen LogP) is 3.60. The molecule has 0 unspecified atom stereocenters. The Balaban J connectivity index is 2.08. The Labute approximate surface area is 152 Å². The molecule has 1 N–H and O–H groups in total. The van der Waals surface area contributed by atoms with Crippen LogP contribution in [0, 0.1) is 12.7 Å². The largest absolute Gasteiger partial charge is 0.465 e. The molecular weight excluding hydrogens is 357 g/mol. The maximum atomic E-state index is 14.1. The molecule has 0 aliphatic heterocycles. The van der Waals surface area contributed by atoms with Crippen LogP contribution in [-0.4, -0.2) is 21.5 Å². The van der Waals surface area contributed by atoms with E-state index in [0.29, 0.717) is 12.0 Å². The van der Waals surface area contributed by atoms with E-state index in [4.69, 9.17) is 4.74 Å². The second kappa shape index (κ2) is 7.07. The number of hydrogen-bond acceptors (Lipinski definition) is 4. The lowest BCUT2D eigenvalue weighted by molar-refractivity contribution is 0.0600. The first-order valence-corrected chi connectivity index (χ1v) is 9.84. The van der Waals surface area contributed by atoms with Crippen molar-refractivity contribution in [2.75, 3.05) is 11.8 Å². The number of halogens is 1. The van der Waals surface area contributed by atoms with Gasteiger partial charge in [-0.3, -0.25) is 4.72 Å². The van der Waals surface area contributed by atoms with Crippen LogP contribution in [0.1, 0.15) is 39.9 Å². The zero-order chi connectivity index (χ0) is 18.9. The molecule has 2 aromatic carbocycles. The molecule has 1 aliphatic carbocycles. The van der Waals surface area contributed by atoms with Crippen molar-refractivity contribution in [2.45, 2.75) is 37.5 Å². The summed E-state index contributed by atoms with van der Waals surface area (Å²) in [5, 5.41) is 0. The maximum Gasteiger partial charge on any atom is 0.340 e. The average Bonchev–Trinajstić information content (AvgIpc) is 2.60. The van der Waals surface area contributed by atoms with Gasteiger partial charge in [-0.15, -0.1) is 0 Å². The zero-order valence-corrected chi connectivity index (χ0v) is 15.5. The van der Waals surface area contributed by atoms with Crippen LogP contribution in [0.5, 0.6) is 0 Å². The molecule has 1 aliphatic rings. The molecular formula is C19H20FNO4S. The maximum absolute atomic E-state index is 14.1. The smallest absolute Gasteiger partial charge is 0.340 e. The van der Waals surface area contributed by atoms with Crippen molar-refractivity contribution >= 4 is 21.7 Å². The van der Waals surface area contributed by atoms with Crippen molar-refractivity contribution in [3.8, 4) is 0 Å². The minimum absolute atomic E-state index is 0.109. The highest BCUT2D eigenvalue weighted by molar-refractivity contribution is 7.92. The van der Waals surface area contributed by atoms with Crippen LogP contribution in [0.15, 0.2) is 35.2 Å². The van der Waals surface area contributed by atoms with E-state index in [9.17, 15) is 17.6 Å². The summed E-state index contributed by atoms with van der Waals surface area (Å²) < 4.78 is 46.7. The van der Waals surface area contributed by atoms with Crippen LogP contribution in [0.4, 0.5) is 10.1 Å². The summed E-state index contributed by atoms with van der Waals surface area (Å²) in [6.45, 7) is 1.67. The topological polar surface area (TPSA) is 72.5 Å². The number of benzene rings is 2. The predicted molar refractivity (Wildman–Crippen MR) is 96.4 cm³/mol. The molecule has 0 saturated carbocycles. The molecule has 26 heavy (non-hydrogen) atoms. The fraction of sp³-hybridized carbons (Fsp3) is 0.316. The van der Waals surface area contributed by atoms with Gasteiger partial charge in [0, 0.05) is 0 Å². The van der Waals surface area contributed by atoms with Crippen LogP contribution >= 0.6 is 0 Å². The van der Waals surface area contributed by atoms with Crippen LogP contribution in [0.3, 0.4) is 0 Å². The van der Waals surface area contributed by atoms with Gasteiger partial charge in [0.15, 0.2) is 0 Å². The number of nitrogens with one attached hydrogen (secondary N) is 1. The van der Waals surface area contributed by atoms with Gasteiger partial charge >= 0.3 is 5.97 Å². The number of rotatable bonds is 4. The van der Waals surface area contributed by atoms with Crippen molar-refractivity contribution in [1.82, 2.24) is 0 Å². The number of aryl methyl sites for hydroxylation is 2. The lowest BCUT2D eigenvalue weighted by Gasteiger charge is -2.21. The molecule has 2 aromatic rings. The fourth-order valence-electron chi connectivity index (χ4n) is 3.27. The van der Waals surface area contributed by atoms with Crippen molar-refractivity contribution in [3.63, 3.8) is 0 Å². The highest BCUT2D eigenvalue weighted by Gasteiger charge is 2.26. The third-order valence-electron chi connectivity index (χ3n) is 4.54. The highest BCUT2D eigenvalue weighted by Crippen LogP contribution is 2.32. The highest BCUT2D eigenvalue weighted by atomic mass is 32.2. The third-order valence-corrected chi connectivity index (χ3v) is 5.94. The van der Waals surface area contributed by atoms with E-state index >= 15 is 0 Å². The molecule has 138 valence electrons. The molecule has 0 aromatic heterocycles. The van der Waals surface area contributed by atoms with Gasteiger partial charge in [-0.2, -0.15) is 0 Å². The molecule has 0 radical (unpaired) electrons. The Morgan fingerprint density at radius 3 is 2.58 bits per heavy atom. The quantitative estimate of drug-likeness (QED) is 0.827. The lowest BCUT2D eigenvalue weighted by atomic mass is 9.87. The monoisotopic (exact) mass is 377 g/mol. The van der Waals surface area contributed by atoms with Crippen LogP contribution in [0.2, 0.25) is 0 Å². The molecule has 0 bridgehead atoms. The Bertz CT molecular complexity index is 970. The van der Waals surface area contributed by atoms with Gasteiger partial charge in [0.2, 0.25) is 0 Å². The molecule has 0 amide bonds. The van der Waals surface area contributed by atoms with Crippen molar-refractivity contribution in [3.05, 3.63) is 58.4 Å². The zero-order valence-electron chi connectivity index (χ0n) is 14.6. The van der Waals surface area contributed by atoms with Gasteiger partial charge in [0.1, 0.15) is 10.7 Å². The SMILES string of the molecule is COC(=O)c1c(NS(=O)(=O)c2ccc(C)cc2F)ccc2c1CCCC2. The Morgan fingerprint density at radius 2 is 1.88 bits per heavy atom. The van der Waals surface area contributed by atoms with E-state index < -0.39 is 26.7 Å². The van der Waals surface area contributed by atoms with Crippen molar-refractivity contribution in [2.24, 2.45) is 0 Å². The number of carbonyl (C=O) groups is 1. The number of esters is 1. The minimum Gasteiger partial charge on any atom is -0.465 e. The molecule has 0 atom stereocenters. The van der Waals surface area contributed by atoms with E-state index in [1.165, 1.54) is 19.2 Å². The summed E-state index contributed by atoms with van der Waals surface area (Å²) >= 11 is 0. The number of ether oxygens (including phenoxy) is 1. The minimum atomic E-state index is -4.18. The molecule has 3 rings (SSSR count). The summed E-state index contributed by atoms with van der Waals surface area (Å²) in [5.41, 5.74) is 2.75. The molecule has 5 nitrogen and oxygen atoms in total. The van der Waals surface area contributed by atoms with E-state index in [0.717, 1.165) is 36.5 Å². The second-order valence-electron chi connectivity index (χ2n) is 6.36. The second-order valence-corrected chi connectivity index (χ2v) is 8.01. The van der Waals surface area contributed by atoms with E-state index in [-0.39, 0.29) is 11.3 Å². The van der Waals surface area contributed by atoms with Gasteiger partial charge in [0.25, 0.3) is 10.0 Å². The summed E-state index contributed by atoms with van der Waals surface area (Å²) in [5.74, 6) is -1.44. The van der Waals surface area contributed by atoms with E-state index in [2.05, 4.69) is 4.72 Å². The summed E-state index contributed by atoms with van der Waals surface area (Å²) in [6, 6.07) is 7.24. The Kier molecular flexibility index (Phi) is 5.00. The number of sulfonamides is 1. The van der Waals surface area contributed by atoms with Gasteiger partial charge in [-0.05, 0) is 67.5 Å². The number of anilines is 1. The lowest BCUT2D eigenvalue weighted by Crippen LogP contribution is -2.20. The van der Waals surface area contributed by atoms with E-state index in [1.807, 2.05) is 6.07 Å². The molecule has 0 fully saturated rings. The number of methoxy groups -OCH3 is 1. The first kappa shape index (κ1) is 18.4. The number of carbonyl (C=O) groups excluding carboxylic acids is 1. The van der Waals surface area contributed by atoms with Crippen molar-refractivity contribution in [1.29, 1.82) is 0 Å². The van der Waals surface area contributed by atoms with Crippen LogP contribution in [-0.2, 0) is 27.6 Å². The first-order chi connectivity index (χ1) is 12.3. The first-order valence-electron chi connectivity index (χ1n) is 8.35. The molecule has 0 saturated heterocycles. The Morgan fingerprint density at radius 1 is 1.15 bits per heavy atom. The van der Waals surface area contributed by atoms with Crippen LogP contribution < -0.4 is 4.72 Å². The normalized spacial score (nSPS) is 13.8. The third kappa shape index (κ3) is 3.44. The van der Waals surface area contributed by atoms with Gasteiger partial charge in [0.05, 0.1) is 18.4 Å². The fourth-order valence-corrected chi connectivity index (χ4v) is 4.40. The summed E-state index contributed by atoms with van der Waals surface area (Å²) in [4.78, 5) is 11.8. The standard InChI is InChI=1S/C19H20FNO4S/c1-12-7-10-17(15(20)11-12)26(23,24)21-16-9-8-13-5-3-4-6-14(13)18(16)19(22)25-2/h7-11,21H,3-6H2,1-2H3. The van der Waals surface area contributed by atoms with Gasteiger partial charge in [-0.1, -0.05) is 12.1 Å². The number of fused-ring (bicyclic) bond motifs is 1. The Hall–Kier alpha value is -2.41. The van der Waals surface area contributed by atoms with E-state index in [1.54, 1.807) is 13.0 Å². The van der Waals surface area contributed by atoms with Crippen molar-refractivity contribution < 1.29 is 22.3 Å². The molecule has 7 heteroatoms. The average molecular weight is 377 g/mol. The summed E-state index contributed by atoms with van der Waals surface area (Å²) in [6.07, 6.45) is 3.44. The summed E-state index contributed by atoms with van der Waals surface area (Å²) in [7, 11) is -2.93. The molecule has 0 heterocycles. The van der Waals surface area contributed by atoms with Gasteiger partial charge in [-0.25, -0.2) is 17.6 Å².